The molecule has 120 valence electrons. The molecule has 1 aromatic carbocycles. The van der Waals surface area contributed by atoms with Gasteiger partial charge < -0.3 is 15.4 Å². The molecule has 3 rings (SSSR count). The molecule has 22 heavy (non-hydrogen) atoms. The zero-order chi connectivity index (χ0) is 15.4. The Labute approximate surface area is 130 Å². The van der Waals surface area contributed by atoms with Gasteiger partial charge in [-0.1, -0.05) is 12.1 Å². The topological polar surface area (TPSA) is 50.4 Å². The Morgan fingerprint density at radius 1 is 1.32 bits per heavy atom. The molecule has 4 nitrogen and oxygen atoms in total. The highest BCUT2D eigenvalue weighted by Gasteiger charge is 2.25. The van der Waals surface area contributed by atoms with E-state index in [0.29, 0.717) is 25.4 Å². The van der Waals surface area contributed by atoms with Crippen LogP contribution in [0.25, 0.3) is 0 Å². The molecule has 1 fully saturated rings. The highest BCUT2D eigenvalue weighted by Crippen LogP contribution is 2.34. The third-order valence-electron chi connectivity index (χ3n) is 4.60. The molecule has 5 heteroatoms. The second kappa shape index (κ2) is 7.09. The van der Waals surface area contributed by atoms with E-state index in [1.807, 2.05) is 6.07 Å². The lowest BCUT2D eigenvalue weighted by Crippen LogP contribution is -2.33. The molecule has 2 aliphatic heterocycles. The quantitative estimate of drug-likeness (QED) is 0.899. The fraction of sp³-hybridized carbons (Fsp3) is 0.588. The van der Waals surface area contributed by atoms with E-state index < -0.39 is 0 Å². The second-order valence-electron chi connectivity index (χ2n) is 6.15. The largest absolute Gasteiger partial charge is 0.490 e. The number of amides is 1. The summed E-state index contributed by atoms with van der Waals surface area (Å²) in [4.78, 5) is 12.2. The van der Waals surface area contributed by atoms with Crippen molar-refractivity contribution in [1.82, 2.24) is 10.6 Å². The van der Waals surface area contributed by atoms with E-state index in [-0.39, 0.29) is 23.5 Å². The minimum Gasteiger partial charge on any atom is -0.490 e. The van der Waals surface area contributed by atoms with Crippen molar-refractivity contribution in [2.45, 2.75) is 38.1 Å². The molecule has 2 heterocycles. The maximum absolute atomic E-state index is 13.7. The second-order valence-corrected chi connectivity index (χ2v) is 6.15. The fourth-order valence-corrected chi connectivity index (χ4v) is 3.31. The van der Waals surface area contributed by atoms with Gasteiger partial charge in [0.05, 0.1) is 12.6 Å². The maximum atomic E-state index is 13.7. The number of rotatable bonds is 4. The molecular weight excluding hydrogens is 283 g/mol. The Bertz CT molecular complexity index is 529. The van der Waals surface area contributed by atoms with Crippen LogP contribution in [0.15, 0.2) is 18.2 Å². The monoisotopic (exact) mass is 306 g/mol. The van der Waals surface area contributed by atoms with Crippen molar-refractivity contribution in [3.05, 3.63) is 29.6 Å². The first kappa shape index (κ1) is 15.3. The Morgan fingerprint density at radius 3 is 2.95 bits per heavy atom. The summed E-state index contributed by atoms with van der Waals surface area (Å²) < 4.78 is 19.1. The number of ether oxygens (including phenoxy) is 1. The standard InChI is InChI=1S/C17H23FN2O2/c18-14-3-1-2-13-15(8-11-22-17(13)14)20-16(21)5-4-12-6-9-19-10-7-12/h1-3,12,15,19H,4-11H2,(H,20,21)/t15-/m1/s1. The van der Waals surface area contributed by atoms with E-state index in [9.17, 15) is 9.18 Å². The lowest BCUT2D eigenvalue weighted by molar-refractivity contribution is -0.122. The van der Waals surface area contributed by atoms with Crippen LogP contribution in [0, 0.1) is 11.7 Å². The van der Waals surface area contributed by atoms with Gasteiger partial charge in [-0.2, -0.15) is 0 Å². The minimum atomic E-state index is -0.355. The number of benzene rings is 1. The zero-order valence-electron chi connectivity index (χ0n) is 12.7. The van der Waals surface area contributed by atoms with Crippen LogP contribution in [-0.2, 0) is 4.79 Å². The van der Waals surface area contributed by atoms with Gasteiger partial charge in [-0.25, -0.2) is 4.39 Å². The van der Waals surface area contributed by atoms with Crippen molar-refractivity contribution >= 4 is 5.91 Å². The van der Waals surface area contributed by atoms with Crippen LogP contribution in [0.3, 0.4) is 0 Å². The summed E-state index contributed by atoms with van der Waals surface area (Å²) in [5, 5.41) is 6.37. The molecule has 0 radical (unpaired) electrons. The van der Waals surface area contributed by atoms with E-state index in [2.05, 4.69) is 10.6 Å². The predicted octanol–water partition coefficient (Wildman–Crippen LogP) is 2.55. The van der Waals surface area contributed by atoms with Gasteiger partial charge >= 0.3 is 0 Å². The van der Waals surface area contributed by atoms with Crippen molar-refractivity contribution in [3.63, 3.8) is 0 Å². The molecule has 0 unspecified atom stereocenters. The zero-order valence-corrected chi connectivity index (χ0v) is 12.7. The Balaban J connectivity index is 1.55. The number of carbonyl (C=O) groups excluding carboxylic acids is 1. The van der Waals surface area contributed by atoms with Gasteiger partial charge in [0.2, 0.25) is 5.91 Å². The van der Waals surface area contributed by atoms with Crippen LogP contribution in [0.5, 0.6) is 5.75 Å². The average Bonchev–Trinajstić information content (AvgIpc) is 2.55. The van der Waals surface area contributed by atoms with Gasteiger partial charge in [-0.15, -0.1) is 0 Å². The summed E-state index contributed by atoms with van der Waals surface area (Å²) in [5.41, 5.74) is 0.751. The highest BCUT2D eigenvalue weighted by molar-refractivity contribution is 5.76. The van der Waals surface area contributed by atoms with E-state index in [0.717, 1.165) is 37.9 Å². The van der Waals surface area contributed by atoms with Crippen molar-refractivity contribution in [2.24, 2.45) is 5.92 Å². The van der Waals surface area contributed by atoms with Gasteiger partial charge in [-0.05, 0) is 44.3 Å². The van der Waals surface area contributed by atoms with Crippen LogP contribution >= 0.6 is 0 Å². The SMILES string of the molecule is O=C(CCC1CCNCC1)N[C@@H]1CCOc2c(F)cccc21. The van der Waals surface area contributed by atoms with E-state index in [1.54, 1.807) is 6.07 Å². The Kier molecular flexibility index (Phi) is 4.93. The average molecular weight is 306 g/mol. The Morgan fingerprint density at radius 2 is 2.14 bits per heavy atom. The minimum absolute atomic E-state index is 0.0562. The number of piperidine rings is 1. The summed E-state index contributed by atoms with van der Waals surface area (Å²) in [6.07, 6.45) is 4.48. The van der Waals surface area contributed by atoms with E-state index in [1.165, 1.54) is 6.07 Å². The molecule has 0 aromatic heterocycles. The number of carbonyl (C=O) groups is 1. The first-order valence-corrected chi connectivity index (χ1v) is 8.15. The number of para-hydroxylation sites is 1. The molecule has 2 N–H and O–H groups in total. The third kappa shape index (κ3) is 3.58. The first-order valence-electron chi connectivity index (χ1n) is 8.15. The maximum Gasteiger partial charge on any atom is 0.220 e. The number of fused-ring (bicyclic) bond motifs is 1. The summed E-state index contributed by atoms with van der Waals surface area (Å²) in [6.45, 7) is 2.55. The number of hydrogen-bond acceptors (Lipinski definition) is 3. The van der Waals surface area contributed by atoms with Crippen LogP contribution in [-0.4, -0.2) is 25.6 Å². The molecule has 1 atom stereocenters. The number of hydrogen-bond donors (Lipinski definition) is 2. The molecule has 0 spiro atoms. The summed E-state index contributed by atoms with van der Waals surface area (Å²) in [6, 6.07) is 4.74. The van der Waals surface area contributed by atoms with E-state index in [4.69, 9.17) is 4.74 Å². The normalized spacial score (nSPS) is 21.8. The smallest absolute Gasteiger partial charge is 0.220 e. The van der Waals surface area contributed by atoms with Gasteiger partial charge in [0.15, 0.2) is 11.6 Å². The van der Waals surface area contributed by atoms with Gasteiger partial charge in [-0.3, -0.25) is 4.79 Å². The van der Waals surface area contributed by atoms with Crippen molar-refractivity contribution in [1.29, 1.82) is 0 Å². The van der Waals surface area contributed by atoms with Crippen LogP contribution < -0.4 is 15.4 Å². The van der Waals surface area contributed by atoms with E-state index >= 15 is 0 Å². The molecule has 1 amide bonds. The first-order chi connectivity index (χ1) is 10.7. The van der Waals surface area contributed by atoms with Crippen LogP contribution in [0.1, 0.15) is 43.7 Å². The Hall–Kier alpha value is -1.62. The highest BCUT2D eigenvalue weighted by atomic mass is 19.1. The lowest BCUT2D eigenvalue weighted by atomic mass is 9.93. The van der Waals surface area contributed by atoms with Gasteiger partial charge in [0.1, 0.15) is 0 Å². The molecule has 0 saturated carbocycles. The van der Waals surface area contributed by atoms with Gasteiger partial charge in [0.25, 0.3) is 0 Å². The van der Waals surface area contributed by atoms with Crippen molar-refractivity contribution in [3.8, 4) is 5.75 Å². The van der Waals surface area contributed by atoms with Crippen LogP contribution in [0.4, 0.5) is 4.39 Å². The summed E-state index contributed by atoms with van der Waals surface area (Å²) in [7, 11) is 0. The predicted molar refractivity (Wildman–Crippen MR) is 82.2 cm³/mol. The molecule has 2 aliphatic rings. The molecule has 0 bridgehead atoms. The molecule has 1 saturated heterocycles. The third-order valence-corrected chi connectivity index (χ3v) is 4.60. The lowest BCUT2D eigenvalue weighted by Gasteiger charge is -2.27. The summed E-state index contributed by atoms with van der Waals surface area (Å²) in [5.74, 6) is 0.635. The molecule has 0 aliphatic carbocycles. The molecular formula is C17H23FN2O2. The van der Waals surface area contributed by atoms with Crippen LogP contribution in [0.2, 0.25) is 0 Å². The molecule has 1 aromatic rings. The number of nitrogens with one attached hydrogen (secondary N) is 2. The van der Waals surface area contributed by atoms with Gasteiger partial charge in [0, 0.05) is 18.4 Å². The summed E-state index contributed by atoms with van der Waals surface area (Å²) >= 11 is 0. The fourth-order valence-electron chi connectivity index (χ4n) is 3.31. The van der Waals surface area contributed by atoms with Crippen molar-refractivity contribution in [2.75, 3.05) is 19.7 Å². The number of halogens is 1. The van der Waals surface area contributed by atoms with Crippen molar-refractivity contribution < 1.29 is 13.9 Å².